The van der Waals surface area contributed by atoms with Crippen LogP contribution in [0.15, 0.2) is 47.0 Å². The van der Waals surface area contributed by atoms with E-state index >= 15 is 0 Å². The standard InChI is InChI=1S/C18H18ClN3O2/c1-12-4-2-3-5-14(12)9-18-21-17(22-24-18)10-20-16-8-13(11-23)6-7-15(16)19/h2-8,20,23H,9-11H2,1H3. The van der Waals surface area contributed by atoms with E-state index in [0.29, 0.717) is 29.7 Å². The molecule has 0 saturated heterocycles. The van der Waals surface area contributed by atoms with Crippen molar-refractivity contribution in [1.82, 2.24) is 10.1 Å². The van der Waals surface area contributed by atoms with Crippen LogP contribution in [0.4, 0.5) is 5.69 Å². The second-order valence-corrected chi connectivity index (χ2v) is 5.94. The molecule has 5 nitrogen and oxygen atoms in total. The van der Waals surface area contributed by atoms with Crippen LogP contribution in [0, 0.1) is 6.92 Å². The molecule has 24 heavy (non-hydrogen) atoms. The third-order valence-electron chi connectivity index (χ3n) is 3.76. The molecule has 6 heteroatoms. The van der Waals surface area contributed by atoms with Gasteiger partial charge in [0.25, 0.3) is 0 Å². The van der Waals surface area contributed by atoms with Gasteiger partial charge in [-0.25, -0.2) is 0 Å². The second kappa shape index (κ2) is 7.47. The van der Waals surface area contributed by atoms with E-state index < -0.39 is 0 Å². The molecule has 0 bridgehead atoms. The van der Waals surface area contributed by atoms with Crippen molar-refractivity contribution in [2.75, 3.05) is 5.32 Å². The summed E-state index contributed by atoms with van der Waals surface area (Å²) >= 11 is 6.14. The highest BCUT2D eigenvalue weighted by molar-refractivity contribution is 6.33. The van der Waals surface area contributed by atoms with Gasteiger partial charge >= 0.3 is 0 Å². The Labute approximate surface area is 145 Å². The number of rotatable bonds is 6. The van der Waals surface area contributed by atoms with E-state index in [0.717, 1.165) is 11.3 Å². The lowest BCUT2D eigenvalue weighted by atomic mass is 10.1. The summed E-state index contributed by atoms with van der Waals surface area (Å²) < 4.78 is 5.31. The van der Waals surface area contributed by atoms with Crippen molar-refractivity contribution in [1.29, 1.82) is 0 Å². The number of nitrogens with zero attached hydrogens (tertiary/aromatic N) is 2. The highest BCUT2D eigenvalue weighted by Crippen LogP contribution is 2.23. The Hall–Kier alpha value is -2.37. The van der Waals surface area contributed by atoms with Crippen molar-refractivity contribution in [3.05, 3.63) is 75.9 Å². The number of hydrogen-bond donors (Lipinski definition) is 2. The molecule has 1 aromatic heterocycles. The van der Waals surface area contributed by atoms with E-state index in [1.165, 1.54) is 11.1 Å². The van der Waals surface area contributed by atoms with Gasteiger partial charge in [0.15, 0.2) is 5.82 Å². The molecule has 0 amide bonds. The first kappa shape index (κ1) is 16.5. The Morgan fingerprint density at radius 2 is 2.04 bits per heavy atom. The SMILES string of the molecule is Cc1ccccc1Cc1nc(CNc2cc(CO)ccc2Cl)no1. The number of aliphatic hydroxyl groups is 1. The number of anilines is 1. The molecule has 0 unspecified atom stereocenters. The Morgan fingerprint density at radius 3 is 2.83 bits per heavy atom. The molecular formula is C18H18ClN3O2. The molecule has 0 spiro atoms. The van der Waals surface area contributed by atoms with Crippen molar-refractivity contribution in [3.63, 3.8) is 0 Å². The maximum atomic E-state index is 9.19. The predicted octanol–water partition coefficient (Wildman–Crippen LogP) is 3.73. The number of aryl methyl sites for hydroxylation is 1. The molecule has 0 aliphatic carbocycles. The smallest absolute Gasteiger partial charge is 0.231 e. The fourth-order valence-electron chi connectivity index (χ4n) is 2.39. The minimum Gasteiger partial charge on any atom is -0.392 e. The lowest BCUT2D eigenvalue weighted by molar-refractivity contribution is 0.282. The van der Waals surface area contributed by atoms with E-state index in [1.807, 2.05) is 12.1 Å². The third-order valence-corrected chi connectivity index (χ3v) is 4.09. The molecule has 3 rings (SSSR count). The Morgan fingerprint density at radius 1 is 1.21 bits per heavy atom. The van der Waals surface area contributed by atoms with E-state index in [1.54, 1.807) is 18.2 Å². The monoisotopic (exact) mass is 343 g/mol. The zero-order valence-electron chi connectivity index (χ0n) is 13.3. The zero-order valence-corrected chi connectivity index (χ0v) is 14.0. The molecule has 0 aliphatic rings. The summed E-state index contributed by atoms with van der Waals surface area (Å²) in [7, 11) is 0. The van der Waals surface area contributed by atoms with Crippen LogP contribution in [0.1, 0.15) is 28.4 Å². The number of hydrogen-bond acceptors (Lipinski definition) is 5. The van der Waals surface area contributed by atoms with Crippen LogP contribution in [-0.4, -0.2) is 15.2 Å². The Bertz CT molecular complexity index is 833. The van der Waals surface area contributed by atoms with Gasteiger partial charge in [-0.05, 0) is 35.7 Å². The molecule has 0 aliphatic heterocycles. The van der Waals surface area contributed by atoms with Gasteiger partial charge in [-0.1, -0.05) is 47.1 Å². The van der Waals surface area contributed by atoms with E-state index in [9.17, 15) is 5.11 Å². The fourth-order valence-corrected chi connectivity index (χ4v) is 2.57. The summed E-state index contributed by atoms with van der Waals surface area (Å²) in [6, 6.07) is 13.4. The molecular weight excluding hydrogens is 326 g/mol. The molecule has 1 heterocycles. The maximum absolute atomic E-state index is 9.19. The molecule has 0 radical (unpaired) electrons. The number of nitrogens with one attached hydrogen (secondary N) is 1. The van der Waals surface area contributed by atoms with Gasteiger partial charge in [-0.15, -0.1) is 0 Å². The number of benzene rings is 2. The van der Waals surface area contributed by atoms with E-state index in [-0.39, 0.29) is 6.61 Å². The summed E-state index contributed by atoms with van der Waals surface area (Å²) in [5.74, 6) is 1.14. The lowest BCUT2D eigenvalue weighted by Crippen LogP contribution is -2.03. The maximum Gasteiger partial charge on any atom is 0.231 e. The van der Waals surface area contributed by atoms with Crippen LogP contribution >= 0.6 is 11.6 Å². The van der Waals surface area contributed by atoms with Gasteiger partial charge in [-0.3, -0.25) is 0 Å². The highest BCUT2D eigenvalue weighted by Gasteiger charge is 2.09. The molecule has 2 aromatic carbocycles. The van der Waals surface area contributed by atoms with Crippen LogP contribution < -0.4 is 5.32 Å². The van der Waals surface area contributed by atoms with Gasteiger partial charge in [0.1, 0.15) is 0 Å². The first-order chi connectivity index (χ1) is 11.7. The molecule has 0 saturated carbocycles. The van der Waals surface area contributed by atoms with Crippen LogP contribution in [0.5, 0.6) is 0 Å². The van der Waals surface area contributed by atoms with Gasteiger partial charge in [-0.2, -0.15) is 4.98 Å². The largest absolute Gasteiger partial charge is 0.392 e. The molecule has 3 aromatic rings. The summed E-state index contributed by atoms with van der Waals surface area (Å²) in [5.41, 5.74) is 3.88. The van der Waals surface area contributed by atoms with Crippen LogP contribution in [0.25, 0.3) is 0 Å². The Kier molecular flexibility index (Phi) is 5.13. The van der Waals surface area contributed by atoms with E-state index in [4.69, 9.17) is 16.1 Å². The van der Waals surface area contributed by atoms with Gasteiger partial charge < -0.3 is 14.9 Å². The van der Waals surface area contributed by atoms with Gasteiger partial charge in [0.05, 0.1) is 30.3 Å². The topological polar surface area (TPSA) is 71.2 Å². The summed E-state index contributed by atoms with van der Waals surface area (Å²) in [4.78, 5) is 4.40. The predicted molar refractivity (Wildman–Crippen MR) is 93.0 cm³/mol. The second-order valence-electron chi connectivity index (χ2n) is 5.53. The molecule has 0 atom stereocenters. The quantitative estimate of drug-likeness (QED) is 0.713. The fraction of sp³-hybridized carbons (Fsp3) is 0.222. The number of aliphatic hydroxyl groups excluding tert-OH is 1. The zero-order chi connectivity index (χ0) is 16.9. The van der Waals surface area contributed by atoms with Crippen LogP contribution in [0.2, 0.25) is 5.02 Å². The van der Waals surface area contributed by atoms with Crippen molar-refractivity contribution in [2.24, 2.45) is 0 Å². The Balaban J connectivity index is 1.65. The third kappa shape index (κ3) is 3.93. The van der Waals surface area contributed by atoms with E-state index in [2.05, 4.69) is 34.5 Å². The summed E-state index contributed by atoms with van der Waals surface area (Å²) in [6.07, 6.45) is 0.612. The minimum absolute atomic E-state index is 0.0331. The minimum atomic E-state index is -0.0331. The van der Waals surface area contributed by atoms with Crippen LogP contribution in [0.3, 0.4) is 0 Å². The van der Waals surface area contributed by atoms with Crippen molar-refractivity contribution >= 4 is 17.3 Å². The van der Waals surface area contributed by atoms with Gasteiger partial charge in [0, 0.05) is 0 Å². The first-order valence-corrected chi connectivity index (χ1v) is 8.02. The molecule has 0 fully saturated rings. The summed E-state index contributed by atoms with van der Waals surface area (Å²) in [6.45, 7) is 2.42. The average molecular weight is 344 g/mol. The lowest BCUT2D eigenvalue weighted by Gasteiger charge is -2.07. The summed E-state index contributed by atoms with van der Waals surface area (Å²) in [5, 5.41) is 16.9. The van der Waals surface area contributed by atoms with Crippen LogP contribution in [-0.2, 0) is 19.6 Å². The van der Waals surface area contributed by atoms with Crippen molar-refractivity contribution in [2.45, 2.75) is 26.5 Å². The average Bonchev–Trinajstić information content (AvgIpc) is 3.04. The number of halogens is 1. The molecule has 2 N–H and O–H groups in total. The van der Waals surface area contributed by atoms with Gasteiger partial charge in [0.2, 0.25) is 5.89 Å². The normalized spacial score (nSPS) is 10.8. The van der Waals surface area contributed by atoms with Crippen molar-refractivity contribution in [3.8, 4) is 0 Å². The first-order valence-electron chi connectivity index (χ1n) is 7.65. The van der Waals surface area contributed by atoms with Crippen molar-refractivity contribution < 1.29 is 9.63 Å². The molecule has 124 valence electrons. The highest BCUT2D eigenvalue weighted by atomic mass is 35.5. The number of aromatic nitrogens is 2.